The van der Waals surface area contributed by atoms with Gasteiger partial charge in [-0.1, -0.05) is 121 Å². The Bertz CT molecular complexity index is 2920. The molecule has 53 heavy (non-hydrogen) atoms. The molecule has 2 heterocycles. The highest BCUT2D eigenvalue weighted by Gasteiger charge is 2.17. The number of phenols is 1. The molecule has 5 heteroatoms. The maximum Gasteiger partial charge on any atom is 0.130 e. The van der Waals surface area contributed by atoms with Crippen LogP contribution in [0.3, 0.4) is 0 Å². The Morgan fingerprint density at radius 3 is 1.51 bits per heavy atom. The molecule has 10 aromatic rings. The van der Waals surface area contributed by atoms with E-state index >= 15 is 0 Å². The molecule has 0 bridgehead atoms. The first kappa shape index (κ1) is 30.8. The van der Waals surface area contributed by atoms with Crippen molar-refractivity contribution in [2.45, 2.75) is 0 Å². The first-order valence-corrected chi connectivity index (χ1v) is 17.7. The average Bonchev–Trinajstić information content (AvgIpc) is 3.72. The summed E-state index contributed by atoms with van der Waals surface area (Å²) in [6, 6.07) is 61.9. The van der Waals surface area contributed by atoms with Crippen molar-refractivity contribution >= 4 is 56.9 Å². The van der Waals surface area contributed by atoms with Crippen LogP contribution in [0.25, 0.3) is 77.2 Å². The lowest BCUT2D eigenvalue weighted by Crippen LogP contribution is -2.05. The van der Waals surface area contributed by atoms with E-state index in [1.165, 1.54) is 21.5 Å². The number of hydrogen-bond donors (Lipinski definition) is 1. The van der Waals surface area contributed by atoms with E-state index in [-0.39, 0.29) is 5.75 Å². The first-order valence-electron chi connectivity index (χ1n) is 17.7. The third-order valence-electron chi connectivity index (χ3n) is 10.2. The highest BCUT2D eigenvalue weighted by Crippen LogP contribution is 2.40. The average molecular weight is 679 g/mol. The van der Waals surface area contributed by atoms with Gasteiger partial charge in [0.25, 0.3) is 0 Å². The number of aromatic nitrogens is 2. The van der Waals surface area contributed by atoms with Gasteiger partial charge in [0.1, 0.15) is 25.1 Å². The molecule has 2 radical (unpaired) electrons. The molecule has 0 saturated heterocycles. The summed E-state index contributed by atoms with van der Waals surface area (Å²) >= 11 is 0. The fraction of sp³-hybridized carbons (Fsp3) is 0. The van der Waals surface area contributed by atoms with Crippen LogP contribution in [0.15, 0.2) is 182 Å². The molecule has 2 aromatic heterocycles. The van der Waals surface area contributed by atoms with Crippen LogP contribution in [0.1, 0.15) is 0 Å². The molecular formula is C48H31BN2O2. The zero-order valence-electron chi connectivity index (χ0n) is 28.6. The first-order chi connectivity index (χ1) is 26.1. The number of fused-ring (bicyclic) bond motifs is 6. The van der Waals surface area contributed by atoms with E-state index in [0.29, 0.717) is 22.5 Å². The third kappa shape index (κ3) is 5.17. The zero-order valence-corrected chi connectivity index (χ0v) is 28.6. The third-order valence-corrected chi connectivity index (χ3v) is 10.2. The lowest BCUT2D eigenvalue weighted by Gasteiger charge is -2.16. The summed E-state index contributed by atoms with van der Waals surface area (Å²) in [4.78, 5) is 0. The van der Waals surface area contributed by atoms with Crippen LogP contribution >= 0.6 is 0 Å². The van der Waals surface area contributed by atoms with E-state index in [2.05, 4.69) is 143 Å². The summed E-state index contributed by atoms with van der Waals surface area (Å²) in [6.07, 6.45) is 0. The number of rotatable bonds is 6. The summed E-state index contributed by atoms with van der Waals surface area (Å²) in [5, 5.41) is 16.5. The van der Waals surface area contributed by atoms with Gasteiger partial charge in [-0.05, 0) is 77.4 Å². The second kappa shape index (κ2) is 12.4. The number of benzene rings is 8. The van der Waals surface area contributed by atoms with Crippen LogP contribution in [0.4, 0.5) is 0 Å². The minimum atomic E-state index is 0.175. The fourth-order valence-corrected chi connectivity index (χ4v) is 7.81. The SMILES string of the molecule is [B]c1ccccc1Oc1cc(-c2ccc(-c3cccc(-n4c5ccccc5c5ccccc54)c3)cc2O)cc(-n2c3ccccc3c3ccccc32)c1. The second-order valence-electron chi connectivity index (χ2n) is 13.4. The Hall–Kier alpha value is -6.98. The van der Waals surface area contributed by atoms with Gasteiger partial charge in [-0.2, -0.15) is 0 Å². The minimum absolute atomic E-state index is 0.175. The van der Waals surface area contributed by atoms with Gasteiger partial charge in [-0.15, -0.1) is 0 Å². The van der Waals surface area contributed by atoms with Gasteiger partial charge in [0.15, 0.2) is 0 Å². The predicted octanol–water partition coefficient (Wildman–Crippen LogP) is 11.5. The van der Waals surface area contributed by atoms with Gasteiger partial charge in [0.2, 0.25) is 0 Å². The molecule has 8 aromatic carbocycles. The molecule has 248 valence electrons. The van der Waals surface area contributed by atoms with Gasteiger partial charge < -0.3 is 19.0 Å². The number of phenolic OH excluding ortho intramolecular Hbond substituents is 1. The van der Waals surface area contributed by atoms with Crippen LogP contribution in [0, 0.1) is 0 Å². The zero-order chi connectivity index (χ0) is 35.5. The quantitative estimate of drug-likeness (QED) is 0.178. The molecule has 4 nitrogen and oxygen atoms in total. The highest BCUT2D eigenvalue weighted by atomic mass is 16.5. The van der Waals surface area contributed by atoms with E-state index in [0.717, 1.165) is 50.1 Å². The molecule has 1 N–H and O–H groups in total. The van der Waals surface area contributed by atoms with Crippen molar-refractivity contribution in [3.63, 3.8) is 0 Å². The molecule has 10 rings (SSSR count). The molecule has 0 atom stereocenters. The maximum absolute atomic E-state index is 11.8. The summed E-state index contributed by atoms with van der Waals surface area (Å²) < 4.78 is 11.0. The standard InChI is InChI=1S/C48H31BN2O2/c49-42-18-5-10-23-48(42)53-36-28-33(27-35(30-36)51-45-21-8-3-16-40(45)41-17-4-9-22-46(41)51)37-25-24-32(29-47(37)52)31-12-11-13-34(26-31)50-43-19-6-1-14-38(43)39-15-2-7-20-44(39)50/h1-30,52H. The summed E-state index contributed by atoms with van der Waals surface area (Å²) in [5.74, 6) is 1.36. The van der Waals surface area contributed by atoms with E-state index in [9.17, 15) is 5.11 Å². The largest absolute Gasteiger partial charge is 0.507 e. The van der Waals surface area contributed by atoms with E-state index < -0.39 is 0 Å². The molecule has 0 aliphatic carbocycles. The van der Waals surface area contributed by atoms with Crippen molar-refractivity contribution < 1.29 is 9.84 Å². The Kier molecular flexibility index (Phi) is 7.19. The smallest absolute Gasteiger partial charge is 0.130 e. The number of para-hydroxylation sites is 5. The topological polar surface area (TPSA) is 39.3 Å². The van der Waals surface area contributed by atoms with Crippen LogP contribution in [0.5, 0.6) is 17.2 Å². The second-order valence-corrected chi connectivity index (χ2v) is 13.4. The summed E-state index contributed by atoms with van der Waals surface area (Å²) in [6.45, 7) is 0. The lowest BCUT2D eigenvalue weighted by atomic mass is 9.95. The number of ether oxygens (including phenoxy) is 1. The Morgan fingerprint density at radius 2 is 0.925 bits per heavy atom. The van der Waals surface area contributed by atoms with Crippen molar-refractivity contribution in [2.24, 2.45) is 0 Å². The molecule has 0 aliphatic rings. The number of hydrogen-bond acceptors (Lipinski definition) is 2. The molecule has 0 aliphatic heterocycles. The van der Waals surface area contributed by atoms with Crippen LogP contribution in [-0.4, -0.2) is 22.1 Å². The number of aromatic hydroxyl groups is 1. The predicted molar refractivity (Wildman–Crippen MR) is 220 cm³/mol. The van der Waals surface area contributed by atoms with Crippen molar-refractivity contribution in [1.29, 1.82) is 0 Å². The van der Waals surface area contributed by atoms with Crippen LogP contribution in [-0.2, 0) is 0 Å². The Balaban J connectivity index is 1.10. The summed E-state index contributed by atoms with van der Waals surface area (Å²) in [5.41, 5.74) is 10.4. The normalized spacial score (nSPS) is 11.5. The molecule has 0 amide bonds. The fourth-order valence-electron chi connectivity index (χ4n) is 7.81. The van der Waals surface area contributed by atoms with Crippen LogP contribution in [0.2, 0.25) is 0 Å². The Morgan fingerprint density at radius 1 is 0.415 bits per heavy atom. The highest BCUT2D eigenvalue weighted by molar-refractivity contribution is 6.34. The molecular weight excluding hydrogens is 647 g/mol. The van der Waals surface area contributed by atoms with Gasteiger partial charge in [0, 0.05) is 38.9 Å². The van der Waals surface area contributed by atoms with Crippen molar-refractivity contribution in [2.75, 3.05) is 0 Å². The molecule has 0 unspecified atom stereocenters. The molecule has 0 saturated carbocycles. The minimum Gasteiger partial charge on any atom is -0.507 e. The van der Waals surface area contributed by atoms with Crippen molar-refractivity contribution in [1.82, 2.24) is 9.13 Å². The monoisotopic (exact) mass is 678 g/mol. The van der Waals surface area contributed by atoms with Crippen LogP contribution < -0.4 is 10.2 Å². The lowest BCUT2D eigenvalue weighted by molar-refractivity contribution is 0.477. The summed E-state index contributed by atoms with van der Waals surface area (Å²) in [7, 11) is 6.32. The van der Waals surface area contributed by atoms with E-state index in [1.54, 1.807) is 0 Å². The van der Waals surface area contributed by atoms with Crippen molar-refractivity contribution in [3.05, 3.63) is 182 Å². The number of nitrogens with zero attached hydrogens (tertiary/aromatic N) is 2. The molecule has 0 spiro atoms. The van der Waals surface area contributed by atoms with Gasteiger partial charge >= 0.3 is 0 Å². The van der Waals surface area contributed by atoms with Gasteiger partial charge in [-0.3, -0.25) is 0 Å². The maximum atomic E-state index is 11.8. The van der Waals surface area contributed by atoms with E-state index in [4.69, 9.17) is 12.6 Å². The van der Waals surface area contributed by atoms with Gasteiger partial charge in [-0.25, -0.2) is 0 Å². The van der Waals surface area contributed by atoms with Crippen molar-refractivity contribution in [3.8, 4) is 50.9 Å². The van der Waals surface area contributed by atoms with Gasteiger partial charge in [0.05, 0.1) is 27.8 Å². The molecule has 0 fully saturated rings. The van der Waals surface area contributed by atoms with E-state index in [1.807, 2.05) is 48.5 Å². The Labute approximate surface area is 307 Å².